The van der Waals surface area contributed by atoms with Crippen LogP contribution in [0, 0.1) is 6.92 Å². The molecule has 0 unspecified atom stereocenters. The third kappa shape index (κ3) is 5.95. The Hall–Kier alpha value is -3.09. The maximum absolute atomic E-state index is 6.15. The van der Waals surface area contributed by atoms with Gasteiger partial charge in [-0.3, -0.25) is 4.40 Å². The first-order chi connectivity index (χ1) is 14.4. The van der Waals surface area contributed by atoms with Gasteiger partial charge in [-0.1, -0.05) is 18.2 Å². The molecule has 0 aliphatic carbocycles. The largest absolute Gasteiger partial charge is 0.488 e. The molecule has 2 heterocycles. The number of hydrogen-bond acceptors (Lipinski definition) is 4. The van der Waals surface area contributed by atoms with E-state index >= 15 is 0 Å². The minimum atomic E-state index is -0.254. The lowest BCUT2D eigenvalue weighted by Gasteiger charge is -2.23. The third-order valence-corrected chi connectivity index (χ3v) is 4.42. The van der Waals surface area contributed by atoms with E-state index in [1.807, 2.05) is 28.8 Å². The van der Waals surface area contributed by atoms with Crippen LogP contribution in [0.1, 0.15) is 44.6 Å². The predicted molar refractivity (Wildman–Crippen MR) is 121 cm³/mol. The average molecular weight is 409 g/mol. The van der Waals surface area contributed by atoms with Gasteiger partial charge in [0.15, 0.2) is 11.6 Å². The molecular formula is C23H32N6O. The number of guanidine groups is 1. The molecule has 30 heavy (non-hydrogen) atoms. The molecule has 0 saturated heterocycles. The van der Waals surface area contributed by atoms with Crippen molar-refractivity contribution < 1.29 is 4.74 Å². The Morgan fingerprint density at radius 2 is 1.97 bits per heavy atom. The summed E-state index contributed by atoms with van der Waals surface area (Å²) in [6.07, 6.45) is 2.73. The fraction of sp³-hybridized carbons (Fsp3) is 0.435. The van der Waals surface area contributed by atoms with Gasteiger partial charge in [-0.05, 0) is 58.4 Å². The monoisotopic (exact) mass is 408 g/mol. The number of fused-ring (bicyclic) bond motifs is 1. The summed E-state index contributed by atoms with van der Waals surface area (Å²) in [4.78, 5) is 4.76. The van der Waals surface area contributed by atoms with Gasteiger partial charge in [0.25, 0.3) is 0 Å². The summed E-state index contributed by atoms with van der Waals surface area (Å²) in [5.41, 5.74) is 2.85. The standard InChI is InChI=1S/C23H32N6O/c1-6-24-22(25-13-12-21-28-27-20-9-7-8-14-29(20)21)26-16-18-11-10-17(2)15-19(18)30-23(3,4)5/h7-11,14-15H,6,12-13,16H2,1-5H3,(H2,24,25,26). The van der Waals surface area contributed by atoms with Crippen molar-refractivity contribution in [1.82, 2.24) is 25.2 Å². The van der Waals surface area contributed by atoms with Crippen molar-refractivity contribution in [3.8, 4) is 5.75 Å². The molecule has 0 radical (unpaired) electrons. The highest BCUT2D eigenvalue weighted by Gasteiger charge is 2.15. The summed E-state index contributed by atoms with van der Waals surface area (Å²) in [6.45, 7) is 12.3. The van der Waals surface area contributed by atoms with Crippen molar-refractivity contribution in [1.29, 1.82) is 0 Å². The molecule has 3 rings (SSSR count). The molecule has 0 aliphatic heterocycles. The Bertz CT molecular complexity index is 1000. The number of nitrogens with one attached hydrogen (secondary N) is 2. The Kier molecular flexibility index (Phi) is 6.92. The van der Waals surface area contributed by atoms with Crippen LogP contribution in [0.3, 0.4) is 0 Å². The molecule has 0 spiro atoms. The summed E-state index contributed by atoms with van der Waals surface area (Å²) in [5.74, 6) is 2.58. The summed E-state index contributed by atoms with van der Waals surface area (Å²) in [6, 6.07) is 12.2. The van der Waals surface area contributed by atoms with Gasteiger partial charge in [0, 0.05) is 31.3 Å². The van der Waals surface area contributed by atoms with Gasteiger partial charge in [-0.2, -0.15) is 0 Å². The topological polar surface area (TPSA) is 75.8 Å². The van der Waals surface area contributed by atoms with Gasteiger partial charge in [-0.25, -0.2) is 4.99 Å². The number of aliphatic imine (C=N–C) groups is 1. The number of rotatable bonds is 7. The maximum Gasteiger partial charge on any atom is 0.191 e. The molecule has 0 fully saturated rings. The van der Waals surface area contributed by atoms with Gasteiger partial charge in [0.2, 0.25) is 0 Å². The Morgan fingerprint density at radius 3 is 2.73 bits per heavy atom. The molecule has 0 bridgehead atoms. The predicted octanol–water partition coefficient (Wildman–Crippen LogP) is 3.51. The first-order valence-electron chi connectivity index (χ1n) is 10.4. The van der Waals surface area contributed by atoms with Crippen LogP contribution in [0.25, 0.3) is 5.65 Å². The molecule has 0 saturated carbocycles. The summed E-state index contributed by atoms with van der Waals surface area (Å²) in [7, 11) is 0. The smallest absolute Gasteiger partial charge is 0.191 e. The van der Waals surface area contributed by atoms with E-state index in [0.717, 1.165) is 41.7 Å². The molecule has 0 atom stereocenters. The van der Waals surface area contributed by atoms with Crippen LogP contribution >= 0.6 is 0 Å². The lowest BCUT2D eigenvalue weighted by Crippen LogP contribution is -2.38. The van der Waals surface area contributed by atoms with Crippen LogP contribution in [-0.4, -0.2) is 39.2 Å². The van der Waals surface area contributed by atoms with Crippen molar-refractivity contribution in [3.63, 3.8) is 0 Å². The van der Waals surface area contributed by atoms with E-state index in [-0.39, 0.29) is 5.60 Å². The van der Waals surface area contributed by atoms with Gasteiger partial charge < -0.3 is 15.4 Å². The molecule has 160 valence electrons. The first kappa shape index (κ1) is 21.6. The highest BCUT2D eigenvalue weighted by molar-refractivity contribution is 5.79. The summed E-state index contributed by atoms with van der Waals surface area (Å²) < 4.78 is 8.16. The van der Waals surface area contributed by atoms with E-state index in [1.54, 1.807) is 0 Å². The fourth-order valence-corrected chi connectivity index (χ4v) is 3.08. The van der Waals surface area contributed by atoms with Crippen LogP contribution in [0.4, 0.5) is 0 Å². The van der Waals surface area contributed by atoms with Crippen molar-refractivity contribution in [3.05, 3.63) is 59.5 Å². The maximum atomic E-state index is 6.15. The van der Waals surface area contributed by atoms with Crippen LogP contribution in [0.2, 0.25) is 0 Å². The van der Waals surface area contributed by atoms with Crippen LogP contribution in [-0.2, 0) is 13.0 Å². The molecular weight excluding hydrogens is 376 g/mol. The van der Waals surface area contributed by atoms with Crippen LogP contribution in [0.5, 0.6) is 5.75 Å². The van der Waals surface area contributed by atoms with Gasteiger partial charge >= 0.3 is 0 Å². The number of benzene rings is 1. The molecule has 2 aromatic heterocycles. The number of pyridine rings is 1. The molecule has 0 amide bonds. The Morgan fingerprint density at radius 1 is 1.13 bits per heavy atom. The number of nitrogens with zero attached hydrogens (tertiary/aromatic N) is 4. The van der Waals surface area contributed by atoms with Gasteiger partial charge in [0.1, 0.15) is 17.2 Å². The average Bonchev–Trinajstić information content (AvgIpc) is 3.09. The van der Waals surface area contributed by atoms with Crippen molar-refractivity contribution >= 4 is 11.6 Å². The first-order valence-corrected chi connectivity index (χ1v) is 10.4. The second-order valence-electron chi connectivity index (χ2n) is 8.24. The summed E-state index contributed by atoms with van der Waals surface area (Å²) >= 11 is 0. The van der Waals surface area contributed by atoms with Gasteiger partial charge in [-0.15, -0.1) is 10.2 Å². The molecule has 7 heteroatoms. The van der Waals surface area contributed by atoms with E-state index in [9.17, 15) is 0 Å². The second kappa shape index (κ2) is 9.61. The van der Waals surface area contributed by atoms with Gasteiger partial charge in [0.05, 0.1) is 6.54 Å². The Balaban J connectivity index is 1.66. The zero-order chi connectivity index (χ0) is 21.6. The number of hydrogen-bond donors (Lipinski definition) is 2. The van der Waals surface area contributed by atoms with Crippen molar-refractivity contribution in [2.24, 2.45) is 4.99 Å². The van der Waals surface area contributed by atoms with E-state index < -0.39 is 0 Å². The highest BCUT2D eigenvalue weighted by atomic mass is 16.5. The minimum absolute atomic E-state index is 0.254. The fourth-order valence-electron chi connectivity index (χ4n) is 3.08. The van der Waals surface area contributed by atoms with Crippen molar-refractivity contribution in [2.45, 2.75) is 53.2 Å². The zero-order valence-electron chi connectivity index (χ0n) is 18.6. The zero-order valence-corrected chi connectivity index (χ0v) is 18.6. The lowest BCUT2D eigenvalue weighted by atomic mass is 10.1. The number of aryl methyl sites for hydroxylation is 1. The molecule has 0 aliphatic rings. The number of ether oxygens (including phenoxy) is 1. The third-order valence-electron chi connectivity index (χ3n) is 4.42. The molecule has 1 aromatic carbocycles. The second-order valence-corrected chi connectivity index (χ2v) is 8.24. The Labute approximate surface area is 178 Å². The van der Waals surface area contributed by atoms with E-state index in [0.29, 0.717) is 13.1 Å². The van der Waals surface area contributed by atoms with Crippen molar-refractivity contribution in [2.75, 3.05) is 13.1 Å². The molecule has 7 nitrogen and oxygen atoms in total. The number of aromatic nitrogens is 3. The molecule has 2 N–H and O–H groups in total. The van der Waals surface area contributed by atoms with Crippen LogP contribution < -0.4 is 15.4 Å². The SMILES string of the molecule is CCNC(=NCc1ccc(C)cc1OC(C)(C)C)NCCc1nnc2ccccn12. The van der Waals surface area contributed by atoms with E-state index in [4.69, 9.17) is 9.73 Å². The van der Waals surface area contributed by atoms with Crippen LogP contribution in [0.15, 0.2) is 47.6 Å². The lowest BCUT2D eigenvalue weighted by molar-refractivity contribution is 0.129. The van der Waals surface area contributed by atoms with E-state index in [2.05, 4.69) is 73.6 Å². The highest BCUT2D eigenvalue weighted by Crippen LogP contribution is 2.25. The molecule has 3 aromatic rings. The quantitative estimate of drug-likeness (QED) is 0.462. The minimum Gasteiger partial charge on any atom is -0.488 e. The van der Waals surface area contributed by atoms with E-state index in [1.165, 1.54) is 5.56 Å². The summed E-state index contributed by atoms with van der Waals surface area (Å²) in [5, 5.41) is 15.2. The normalized spacial score (nSPS) is 12.2.